The van der Waals surface area contributed by atoms with Crippen LogP contribution in [0.2, 0.25) is 0 Å². The molecule has 2 N–H and O–H groups in total. The molecule has 0 aliphatic heterocycles. The van der Waals surface area contributed by atoms with Gasteiger partial charge in [0.1, 0.15) is 0 Å². The fraction of sp³-hybridized carbons (Fsp3) is 0.824. The van der Waals surface area contributed by atoms with E-state index in [-0.39, 0.29) is 6.61 Å². The van der Waals surface area contributed by atoms with E-state index >= 15 is 0 Å². The lowest BCUT2D eigenvalue weighted by Gasteiger charge is -2.30. The van der Waals surface area contributed by atoms with E-state index < -0.39 is 0 Å². The number of rotatable bonds is 4. The highest BCUT2D eigenvalue weighted by atomic mass is 16.3. The highest BCUT2D eigenvalue weighted by Crippen LogP contribution is 2.31. The SMILES string of the molecule is OCCn1ncc2c1CCCC2NC1CCCCCCC1. The average Bonchev–Trinajstić information content (AvgIpc) is 2.86. The molecule has 0 bridgehead atoms. The van der Waals surface area contributed by atoms with Gasteiger partial charge in [-0.15, -0.1) is 0 Å². The number of nitrogens with zero attached hydrogens (tertiary/aromatic N) is 2. The van der Waals surface area contributed by atoms with E-state index in [2.05, 4.69) is 10.4 Å². The highest BCUT2D eigenvalue weighted by Gasteiger charge is 2.26. The first-order valence-electron chi connectivity index (χ1n) is 8.80. The van der Waals surface area contributed by atoms with Crippen molar-refractivity contribution in [2.45, 2.75) is 82.8 Å². The van der Waals surface area contributed by atoms with Crippen molar-refractivity contribution in [3.05, 3.63) is 17.5 Å². The summed E-state index contributed by atoms with van der Waals surface area (Å²) in [6.45, 7) is 0.806. The van der Waals surface area contributed by atoms with Crippen LogP contribution in [-0.4, -0.2) is 27.5 Å². The summed E-state index contributed by atoms with van der Waals surface area (Å²) in [5.41, 5.74) is 2.73. The van der Waals surface area contributed by atoms with Crippen LogP contribution in [-0.2, 0) is 13.0 Å². The third kappa shape index (κ3) is 3.67. The molecule has 0 saturated heterocycles. The maximum Gasteiger partial charge on any atom is 0.0644 e. The highest BCUT2D eigenvalue weighted by molar-refractivity contribution is 5.25. The minimum absolute atomic E-state index is 0.175. The van der Waals surface area contributed by atoms with E-state index in [0.29, 0.717) is 18.6 Å². The summed E-state index contributed by atoms with van der Waals surface area (Å²) in [4.78, 5) is 0. The molecule has 1 heterocycles. The van der Waals surface area contributed by atoms with Gasteiger partial charge in [0, 0.05) is 23.3 Å². The van der Waals surface area contributed by atoms with E-state index in [1.165, 1.54) is 69.0 Å². The zero-order valence-electron chi connectivity index (χ0n) is 13.1. The van der Waals surface area contributed by atoms with Gasteiger partial charge in [-0.1, -0.05) is 32.1 Å². The van der Waals surface area contributed by atoms with Crippen LogP contribution in [0.25, 0.3) is 0 Å². The normalized spacial score (nSPS) is 24.3. The number of nitrogens with one attached hydrogen (secondary N) is 1. The molecule has 3 rings (SSSR count). The zero-order valence-corrected chi connectivity index (χ0v) is 13.1. The van der Waals surface area contributed by atoms with Crippen molar-refractivity contribution >= 4 is 0 Å². The molecule has 4 heteroatoms. The van der Waals surface area contributed by atoms with Crippen molar-refractivity contribution in [1.82, 2.24) is 15.1 Å². The Kier molecular flexibility index (Phi) is 5.31. The molecule has 118 valence electrons. The molecule has 0 amide bonds. The first-order valence-corrected chi connectivity index (χ1v) is 8.80. The van der Waals surface area contributed by atoms with Gasteiger partial charge in [0.25, 0.3) is 0 Å². The van der Waals surface area contributed by atoms with Gasteiger partial charge in [0.2, 0.25) is 0 Å². The van der Waals surface area contributed by atoms with Crippen LogP contribution >= 0.6 is 0 Å². The smallest absolute Gasteiger partial charge is 0.0644 e. The molecule has 0 aromatic carbocycles. The summed E-state index contributed by atoms with van der Waals surface area (Å²) >= 11 is 0. The quantitative estimate of drug-likeness (QED) is 0.896. The monoisotopic (exact) mass is 291 g/mol. The van der Waals surface area contributed by atoms with Crippen LogP contribution in [0, 0.1) is 0 Å². The van der Waals surface area contributed by atoms with E-state index in [4.69, 9.17) is 5.11 Å². The van der Waals surface area contributed by atoms with Gasteiger partial charge >= 0.3 is 0 Å². The molecule has 21 heavy (non-hydrogen) atoms. The Morgan fingerprint density at radius 2 is 1.86 bits per heavy atom. The standard InChI is InChI=1S/C17H29N3O/c21-12-11-20-17-10-6-9-16(15(17)13-18-20)19-14-7-4-2-1-3-5-8-14/h13-14,16,19,21H,1-12H2. The topological polar surface area (TPSA) is 50.1 Å². The molecule has 1 aromatic rings. The Hall–Kier alpha value is -0.870. The maximum absolute atomic E-state index is 9.15. The lowest BCUT2D eigenvalue weighted by Crippen LogP contribution is -2.35. The van der Waals surface area contributed by atoms with Gasteiger partial charge in [0.05, 0.1) is 19.3 Å². The Morgan fingerprint density at radius 1 is 1.10 bits per heavy atom. The molecular weight excluding hydrogens is 262 g/mol. The second-order valence-electron chi connectivity index (χ2n) is 6.65. The Balaban J connectivity index is 1.66. The van der Waals surface area contributed by atoms with Crippen LogP contribution in [0.4, 0.5) is 0 Å². The van der Waals surface area contributed by atoms with Crippen molar-refractivity contribution in [1.29, 1.82) is 0 Å². The minimum atomic E-state index is 0.175. The Labute approximate surface area is 127 Å². The van der Waals surface area contributed by atoms with E-state index in [1.807, 2.05) is 10.9 Å². The van der Waals surface area contributed by atoms with Crippen LogP contribution < -0.4 is 5.32 Å². The first kappa shape index (κ1) is 15.0. The van der Waals surface area contributed by atoms with Crippen molar-refractivity contribution in [3.63, 3.8) is 0 Å². The number of hydrogen-bond donors (Lipinski definition) is 2. The number of hydrogen-bond acceptors (Lipinski definition) is 3. The zero-order chi connectivity index (χ0) is 14.5. The molecule has 0 spiro atoms. The van der Waals surface area contributed by atoms with Crippen LogP contribution in [0.15, 0.2) is 6.20 Å². The molecule has 2 aliphatic carbocycles. The molecule has 2 aliphatic rings. The predicted octanol–water partition coefficient (Wildman–Crippen LogP) is 2.96. The summed E-state index contributed by atoms with van der Waals surface area (Å²) in [5, 5.41) is 17.6. The van der Waals surface area contributed by atoms with Gasteiger partial charge in [-0.2, -0.15) is 5.10 Å². The summed E-state index contributed by atoms with van der Waals surface area (Å²) in [7, 11) is 0. The van der Waals surface area contributed by atoms with E-state index in [0.717, 1.165) is 6.42 Å². The maximum atomic E-state index is 9.15. The Bertz CT molecular complexity index is 435. The number of aliphatic hydroxyl groups excluding tert-OH is 1. The van der Waals surface area contributed by atoms with E-state index in [9.17, 15) is 0 Å². The lowest BCUT2D eigenvalue weighted by molar-refractivity contribution is 0.265. The van der Waals surface area contributed by atoms with Crippen molar-refractivity contribution in [3.8, 4) is 0 Å². The van der Waals surface area contributed by atoms with Crippen molar-refractivity contribution in [2.24, 2.45) is 0 Å². The van der Waals surface area contributed by atoms with Gasteiger partial charge < -0.3 is 10.4 Å². The predicted molar refractivity (Wildman–Crippen MR) is 84.2 cm³/mol. The van der Waals surface area contributed by atoms with Crippen LogP contribution in [0.1, 0.15) is 75.1 Å². The number of aromatic nitrogens is 2. The number of fused-ring (bicyclic) bond motifs is 1. The third-order valence-electron chi connectivity index (χ3n) is 5.12. The molecule has 1 fully saturated rings. The van der Waals surface area contributed by atoms with Crippen molar-refractivity contribution in [2.75, 3.05) is 6.61 Å². The summed E-state index contributed by atoms with van der Waals surface area (Å²) in [5.74, 6) is 0. The second-order valence-corrected chi connectivity index (χ2v) is 6.65. The fourth-order valence-corrected chi connectivity index (χ4v) is 3.99. The van der Waals surface area contributed by atoms with Crippen LogP contribution in [0.3, 0.4) is 0 Å². The van der Waals surface area contributed by atoms with E-state index in [1.54, 1.807) is 0 Å². The van der Waals surface area contributed by atoms with Crippen molar-refractivity contribution < 1.29 is 5.11 Å². The molecule has 1 saturated carbocycles. The van der Waals surface area contributed by atoms with Crippen LogP contribution in [0.5, 0.6) is 0 Å². The molecule has 1 atom stereocenters. The van der Waals surface area contributed by atoms with Gasteiger partial charge in [0.15, 0.2) is 0 Å². The summed E-state index contributed by atoms with van der Waals surface area (Å²) in [6, 6.07) is 1.16. The lowest BCUT2D eigenvalue weighted by atomic mass is 9.90. The summed E-state index contributed by atoms with van der Waals surface area (Å²) < 4.78 is 2.00. The van der Waals surface area contributed by atoms with Gasteiger partial charge in [-0.3, -0.25) is 4.68 Å². The molecule has 1 unspecified atom stereocenters. The molecule has 4 nitrogen and oxygen atoms in total. The number of aliphatic hydroxyl groups is 1. The molecular formula is C17H29N3O. The minimum Gasteiger partial charge on any atom is -0.394 e. The largest absolute Gasteiger partial charge is 0.394 e. The molecule has 1 aromatic heterocycles. The summed E-state index contributed by atoms with van der Waals surface area (Å²) in [6.07, 6.45) is 15.3. The fourth-order valence-electron chi connectivity index (χ4n) is 3.99. The van der Waals surface area contributed by atoms with Gasteiger partial charge in [-0.25, -0.2) is 0 Å². The second kappa shape index (κ2) is 7.41. The van der Waals surface area contributed by atoms with Gasteiger partial charge in [-0.05, 0) is 32.1 Å². The molecule has 0 radical (unpaired) electrons. The first-order chi connectivity index (χ1) is 10.4. The average molecular weight is 291 g/mol. The third-order valence-corrected chi connectivity index (χ3v) is 5.12. The Morgan fingerprint density at radius 3 is 2.62 bits per heavy atom.